The lowest BCUT2D eigenvalue weighted by atomic mass is 9.79. The van der Waals surface area contributed by atoms with E-state index in [1.807, 2.05) is 0 Å². The van der Waals surface area contributed by atoms with Gasteiger partial charge in [-0.25, -0.2) is 0 Å². The summed E-state index contributed by atoms with van der Waals surface area (Å²) >= 11 is 0. The van der Waals surface area contributed by atoms with Crippen LogP contribution in [0.25, 0.3) is 0 Å². The van der Waals surface area contributed by atoms with Gasteiger partial charge in [0, 0.05) is 13.5 Å². The summed E-state index contributed by atoms with van der Waals surface area (Å²) in [4.78, 5) is 22.6. The quantitative estimate of drug-likeness (QED) is 0.737. The first-order chi connectivity index (χ1) is 8.08. The van der Waals surface area contributed by atoms with Gasteiger partial charge in [0.05, 0.1) is 18.6 Å². The molecule has 1 amide bonds. The Balaban J connectivity index is 2.56. The lowest BCUT2D eigenvalue weighted by Crippen LogP contribution is -2.51. The minimum atomic E-state index is -0.848. The molecule has 0 bridgehead atoms. The molecule has 98 valence electrons. The summed E-state index contributed by atoms with van der Waals surface area (Å²) in [7, 11) is 1.54. The van der Waals surface area contributed by atoms with Gasteiger partial charge in [-0.15, -0.1) is 0 Å². The van der Waals surface area contributed by atoms with Crippen LogP contribution in [0.4, 0.5) is 0 Å². The summed E-state index contributed by atoms with van der Waals surface area (Å²) in [6.07, 6.45) is 4.92. The molecule has 0 spiro atoms. The van der Waals surface area contributed by atoms with Gasteiger partial charge in [0.1, 0.15) is 0 Å². The highest BCUT2D eigenvalue weighted by Gasteiger charge is 2.35. The Kier molecular flexibility index (Phi) is 5.41. The first-order valence-corrected chi connectivity index (χ1v) is 6.10. The van der Waals surface area contributed by atoms with Crippen LogP contribution in [0.1, 0.15) is 44.9 Å². The number of nitrogens with one attached hydrogen (secondary N) is 1. The first kappa shape index (κ1) is 14.0. The number of aliphatic carboxylic acids is 1. The molecule has 0 unspecified atom stereocenters. The van der Waals surface area contributed by atoms with Crippen molar-refractivity contribution in [3.05, 3.63) is 0 Å². The van der Waals surface area contributed by atoms with E-state index in [1.54, 1.807) is 7.11 Å². The van der Waals surface area contributed by atoms with Crippen molar-refractivity contribution in [1.29, 1.82) is 0 Å². The third-order valence-electron chi connectivity index (χ3n) is 3.24. The summed E-state index contributed by atoms with van der Waals surface area (Å²) in [5, 5.41) is 11.8. The summed E-state index contributed by atoms with van der Waals surface area (Å²) in [5.74, 6) is -0.964. The highest BCUT2D eigenvalue weighted by Crippen LogP contribution is 2.31. The van der Waals surface area contributed by atoms with Gasteiger partial charge in [-0.3, -0.25) is 9.59 Å². The second-order valence-corrected chi connectivity index (χ2v) is 4.70. The largest absolute Gasteiger partial charge is 0.481 e. The Bertz CT molecular complexity index is 272. The van der Waals surface area contributed by atoms with E-state index in [1.165, 1.54) is 0 Å². The monoisotopic (exact) mass is 243 g/mol. The fourth-order valence-corrected chi connectivity index (χ4v) is 2.42. The van der Waals surface area contributed by atoms with Gasteiger partial charge in [0.2, 0.25) is 5.91 Å². The van der Waals surface area contributed by atoms with Crippen LogP contribution in [-0.4, -0.2) is 36.2 Å². The Labute approximate surface area is 102 Å². The standard InChI is InChI=1S/C12H21NO4/c1-17-8-5-10(14)13-12(9-11(15)16)6-3-2-4-7-12/h2-9H2,1H3,(H,13,14)(H,15,16). The van der Waals surface area contributed by atoms with Crippen molar-refractivity contribution in [3.8, 4) is 0 Å². The molecule has 1 saturated carbocycles. The summed E-state index contributed by atoms with van der Waals surface area (Å²) in [5.41, 5.74) is -0.533. The van der Waals surface area contributed by atoms with E-state index >= 15 is 0 Å². The Morgan fingerprint density at radius 3 is 2.47 bits per heavy atom. The topological polar surface area (TPSA) is 75.6 Å². The second-order valence-electron chi connectivity index (χ2n) is 4.70. The molecular weight excluding hydrogens is 222 g/mol. The molecule has 2 N–H and O–H groups in total. The number of methoxy groups -OCH3 is 1. The average molecular weight is 243 g/mol. The van der Waals surface area contributed by atoms with Crippen molar-refractivity contribution in [2.75, 3.05) is 13.7 Å². The Hall–Kier alpha value is -1.10. The van der Waals surface area contributed by atoms with Crippen molar-refractivity contribution < 1.29 is 19.4 Å². The van der Waals surface area contributed by atoms with Crippen LogP contribution in [0.3, 0.4) is 0 Å². The normalized spacial score (nSPS) is 18.6. The maximum absolute atomic E-state index is 11.7. The number of hydrogen-bond donors (Lipinski definition) is 2. The number of carboxylic acids is 1. The fourth-order valence-electron chi connectivity index (χ4n) is 2.42. The molecule has 0 aliphatic heterocycles. The van der Waals surface area contributed by atoms with Crippen LogP contribution in [0, 0.1) is 0 Å². The minimum Gasteiger partial charge on any atom is -0.481 e. The molecule has 1 fully saturated rings. The van der Waals surface area contributed by atoms with Crippen LogP contribution in [0.2, 0.25) is 0 Å². The van der Waals surface area contributed by atoms with Crippen molar-refractivity contribution in [3.63, 3.8) is 0 Å². The number of rotatable bonds is 6. The molecular formula is C12H21NO4. The summed E-state index contributed by atoms with van der Waals surface area (Å²) < 4.78 is 4.84. The van der Waals surface area contributed by atoms with E-state index < -0.39 is 11.5 Å². The highest BCUT2D eigenvalue weighted by atomic mass is 16.5. The molecule has 0 saturated heterocycles. The van der Waals surface area contributed by atoms with Gasteiger partial charge in [-0.2, -0.15) is 0 Å². The molecule has 5 nitrogen and oxygen atoms in total. The van der Waals surface area contributed by atoms with E-state index in [2.05, 4.69) is 5.32 Å². The lowest BCUT2D eigenvalue weighted by molar-refractivity contribution is -0.139. The lowest BCUT2D eigenvalue weighted by Gasteiger charge is -2.37. The van der Waals surface area contributed by atoms with Gasteiger partial charge in [0.15, 0.2) is 0 Å². The fraction of sp³-hybridized carbons (Fsp3) is 0.833. The molecule has 17 heavy (non-hydrogen) atoms. The molecule has 1 aliphatic rings. The second kappa shape index (κ2) is 6.59. The molecule has 0 heterocycles. The molecule has 0 aromatic carbocycles. The first-order valence-electron chi connectivity index (χ1n) is 6.10. The smallest absolute Gasteiger partial charge is 0.305 e. The number of hydrogen-bond acceptors (Lipinski definition) is 3. The number of carbonyl (C=O) groups excluding carboxylic acids is 1. The number of carboxylic acid groups (broad SMARTS) is 1. The molecule has 0 aromatic heterocycles. The van der Waals surface area contributed by atoms with Crippen molar-refractivity contribution in [2.45, 2.75) is 50.5 Å². The predicted octanol–water partition coefficient (Wildman–Crippen LogP) is 1.32. The van der Waals surface area contributed by atoms with E-state index in [-0.39, 0.29) is 18.7 Å². The van der Waals surface area contributed by atoms with Gasteiger partial charge in [-0.1, -0.05) is 19.3 Å². The minimum absolute atomic E-state index is 0.0196. The molecule has 0 aromatic rings. The maximum Gasteiger partial charge on any atom is 0.305 e. The van der Waals surface area contributed by atoms with Crippen LogP contribution in [0.15, 0.2) is 0 Å². The van der Waals surface area contributed by atoms with Gasteiger partial charge < -0.3 is 15.2 Å². The van der Waals surface area contributed by atoms with E-state index in [0.29, 0.717) is 6.61 Å². The third-order valence-corrected chi connectivity index (χ3v) is 3.24. The van der Waals surface area contributed by atoms with E-state index in [9.17, 15) is 9.59 Å². The van der Waals surface area contributed by atoms with E-state index in [4.69, 9.17) is 9.84 Å². The van der Waals surface area contributed by atoms with Crippen molar-refractivity contribution in [1.82, 2.24) is 5.32 Å². The molecule has 1 rings (SSSR count). The van der Waals surface area contributed by atoms with Gasteiger partial charge in [0.25, 0.3) is 0 Å². The van der Waals surface area contributed by atoms with Crippen LogP contribution >= 0.6 is 0 Å². The zero-order valence-corrected chi connectivity index (χ0v) is 10.3. The SMILES string of the molecule is COCCC(=O)NC1(CC(=O)O)CCCCC1. The number of ether oxygens (including phenoxy) is 1. The van der Waals surface area contributed by atoms with Crippen molar-refractivity contribution >= 4 is 11.9 Å². The third kappa shape index (κ3) is 4.73. The maximum atomic E-state index is 11.7. The molecule has 5 heteroatoms. The molecule has 0 radical (unpaired) electrons. The van der Waals surface area contributed by atoms with Crippen LogP contribution in [-0.2, 0) is 14.3 Å². The number of carbonyl (C=O) groups is 2. The van der Waals surface area contributed by atoms with Crippen LogP contribution in [0.5, 0.6) is 0 Å². The Morgan fingerprint density at radius 1 is 1.29 bits per heavy atom. The van der Waals surface area contributed by atoms with E-state index in [0.717, 1.165) is 32.1 Å². The van der Waals surface area contributed by atoms with Gasteiger partial charge in [-0.05, 0) is 12.8 Å². The average Bonchev–Trinajstić information content (AvgIpc) is 2.26. The zero-order valence-electron chi connectivity index (χ0n) is 10.3. The highest BCUT2D eigenvalue weighted by molar-refractivity contribution is 5.78. The van der Waals surface area contributed by atoms with Crippen LogP contribution < -0.4 is 5.32 Å². The summed E-state index contributed by atoms with van der Waals surface area (Å²) in [6.45, 7) is 0.370. The van der Waals surface area contributed by atoms with Crippen molar-refractivity contribution in [2.24, 2.45) is 0 Å². The summed E-state index contributed by atoms with van der Waals surface area (Å²) in [6, 6.07) is 0. The molecule has 0 atom stereocenters. The Morgan fingerprint density at radius 2 is 1.94 bits per heavy atom. The van der Waals surface area contributed by atoms with Gasteiger partial charge >= 0.3 is 5.97 Å². The predicted molar refractivity (Wildman–Crippen MR) is 62.7 cm³/mol. The molecule has 1 aliphatic carbocycles. The number of amides is 1. The zero-order chi connectivity index (χ0) is 12.7.